The van der Waals surface area contributed by atoms with Crippen molar-refractivity contribution in [3.63, 3.8) is 0 Å². The molecule has 0 saturated heterocycles. The predicted octanol–water partition coefficient (Wildman–Crippen LogP) is 2.52. The molecule has 19 heavy (non-hydrogen) atoms. The third kappa shape index (κ3) is 2.85. The van der Waals surface area contributed by atoms with Gasteiger partial charge < -0.3 is 5.73 Å². The fraction of sp³-hybridized carbons (Fsp3) is 0.0769. The molecular weight excluding hydrogens is 267 g/mol. The van der Waals surface area contributed by atoms with Crippen LogP contribution in [0.25, 0.3) is 0 Å². The normalized spacial score (nSPS) is 11.3. The Labute approximate surface area is 111 Å². The zero-order valence-electron chi connectivity index (χ0n) is 10.2. The lowest BCUT2D eigenvalue weighted by Crippen LogP contribution is -2.15. The van der Waals surface area contributed by atoms with Crippen molar-refractivity contribution in [2.45, 2.75) is 11.8 Å². The lowest BCUT2D eigenvalue weighted by molar-refractivity contribution is 0.599. The van der Waals surface area contributed by atoms with Gasteiger partial charge in [0, 0.05) is 0 Å². The van der Waals surface area contributed by atoms with Gasteiger partial charge in [-0.2, -0.15) is 0 Å². The average molecular weight is 280 g/mol. The molecule has 0 aliphatic heterocycles. The molecule has 0 saturated carbocycles. The van der Waals surface area contributed by atoms with Crippen molar-refractivity contribution >= 4 is 21.4 Å². The second-order valence-electron chi connectivity index (χ2n) is 4.13. The average Bonchev–Trinajstić information content (AvgIpc) is 2.33. The van der Waals surface area contributed by atoms with Crippen molar-refractivity contribution in [1.82, 2.24) is 0 Å². The largest absolute Gasteiger partial charge is 0.398 e. The summed E-state index contributed by atoms with van der Waals surface area (Å²) in [5.74, 6) is -0.627. The number of halogens is 1. The highest BCUT2D eigenvalue weighted by Gasteiger charge is 2.18. The summed E-state index contributed by atoms with van der Waals surface area (Å²) in [4.78, 5) is -0.0741. The van der Waals surface area contributed by atoms with Gasteiger partial charge in [-0.25, -0.2) is 12.8 Å². The maximum absolute atomic E-state index is 13.6. The van der Waals surface area contributed by atoms with Crippen molar-refractivity contribution in [3.05, 3.63) is 53.8 Å². The molecule has 0 heterocycles. The van der Waals surface area contributed by atoms with Crippen LogP contribution >= 0.6 is 0 Å². The van der Waals surface area contributed by atoms with Crippen LogP contribution < -0.4 is 10.5 Å². The molecule has 4 nitrogen and oxygen atoms in total. The quantitative estimate of drug-likeness (QED) is 0.848. The summed E-state index contributed by atoms with van der Waals surface area (Å²) in [6.07, 6.45) is 0. The Morgan fingerprint density at radius 3 is 2.47 bits per heavy atom. The lowest BCUT2D eigenvalue weighted by atomic mass is 10.2. The molecule has 0 bridgehead atoms. The number of hydrogen-bond acceptors (Lipinski definition) is 3. The number of nitrogens with two attached hydrogens (primary N) is 1. The molecule has 0 amide bonds. The summed E-state index contributed by atoms with van der Waals surface area (Å²) in [6, 6.07) is 10.3. The first-order valence-corrected chi connectivity index (χ1v) is 7.02. The van der Waals surface area contributed by atoms with Crippen molar-refractivity contribution in [2.75, 3.05) is 10.5 Å². The second-order valence-corrected chi connectivity index (χ2v) is 5.78. The molecule has 0 spiro atoms. The van der Waals surface area contributed by atoms with Gasteiger partial charge in [-0.05, 0) is 36.8 Å². The van der Waals surface area contributed by atoms with Crippen LogP contribution in [-0.2, 0) is 10.0 Å². The number of anilines is 2. The molecule has 0 radical (unpaired) electrons. The summed E-state index contributed by atoms with van der Waals surface area (Å²) in [5.41, 5.74) is 6.33. The zero-order valence-corrected chi connectivity index (χ0v) is 11.0. The van der Waals surface area contributed by atoms with Gasteiger partial charge in [0.15, 0.2) is 0 Å². The molecule has 2 aromatic rings. The molecule has 0 atom stereocenters. The minimum Gasteiger partial charge on any atom is -0.398 e. The number of sulfonamides is 1. The number of para-hydroxylation sites is 1. The van der Waals surface area contributed by atoms with E-state index in [9.17, 15) is 12.8 Å². The highest BCUT2D eigenvalue weighted by atomic mass is 32.2. The molecule has 0 unspecified atom stereocenters. The molecule has 0 fully saturated rings. The van der Waals surface area contributed by atoms with Crippen LogP contribution in [0.3, 0.4) is 0 Å². The van der Waals surface area contributed by atoms with Crippen LogP contribution in [0.4, 0.5) is 15.8 Å². The maximum Gasteiger partial charge on any atom is 0.264 e. The monoisotopic (exact) mass is 280 g/mol. The number of rotatable bonds is 3. The van der Waals surface area contributed by atoms with Crippen molar-refractivity contribution in [3.8, 4) is 0 Å². The van der Waals surface area contributed by atoms with Crippen LogP contribution in [0.5, 0.6) is 0 Å². The molecule has 0 aromatic heterocycles. The Bertz CT molecular complexity index is 714. The van der Waals surface area contributed by atoms with E-state index in [1.807, 2.05) is 0 Å². The van der Waals surface area contributed by atoms with E-state index in [0.717, 1.165) is 0 Å². The third-order valence-electron chi connectivity index (χ3n) is 2.58. The van der Waals surface area contributed by atoms with Gasteiger partial charge in [-0.1, -0.05) is 18.2 Å². The van der Waals surface area contributed by atoms with Gasteiger partial charge >= 0.3 is 0 Å². The van der Waals surface area contributed by atoms with Gasteiger partial charge in [0.25, 0.3) is 10.0 Å². The van der Waals surface area contributed by atoms with Gasteiger partial charge in [0.05, 0.1) is 11.4 Å². The first kappa shape index (κ1) is 13.4. The topological polar surface area (TPSA) is 72.2 Å². The number of nitrogens with one attached hydrogen (secondary N) is 1. The Balaban J connectivity index is 2.40. The minimum atomic E-state index is -3.89. The van der Waals surface area contributed by atoms with Crippen LogP contribution in [0.2, 0.25) is 0 Å². The zero-order chi connectivity index (χ0) is 14.0. The Hall–Kier alpha value is -2.08. The standard InChI is InChI=1S/C13H13FN2O2S/c1-9-6-7-12(10(14)8-9)16-19(17,18)13-5-3-2-4-11(13)15/h2-8,16H,15H2,1H3. The van der Waals surface area contributed by atoms with E-state index in [1.165, 1.54) is 24.3 Å². The van der Waals surface area contributed by atoms with Crippen molar-refractivity contribution < 1.29 is 12.8 Å². The predicted molar refractivity (Wildman–Crippen MR) is 72.8 cm³/mol. The second kappa shape index (κ2) is 4.89. The molecule has 100 valence electrons. The Kier molecular flexibility index (Phi) is 3.44. The van der Waals surface area contributed by atoms with Gasteiger partial charge in [-0.3, -0.25) is 4.72 Å². The van der Waals surface area contributed by atoms with E-state index >= 15 is 0 Å². The molecule has 2 rings (SSSR count). The Morgan fingerprint density at radius 2 is 1.84 bits per heavy atom. The van der Waals surface area contributed by atoms with E-state index in [-0.39, 0.29) is 16.3 Å². The van der Waals surface area contributed by atoms with Gasteiger partial charge in [-0.15, -0.1) is 0 Å². The number of aryl methyl sites for hydroxylation is 1. The summed E-state index contributed by atoms with van der Waals surface area (Å²) >= 11 is 0. The highest BCUT2D eigenvalue weighted by Crippen LogP contribution is 2.23. The fourth-order valence-corrected chi connectivity index (χ4v) is 2.83. The SMILES string of the molecule is Cc1ccc(NS(=O)(=O)c2ccccc2N)c(F)c1. The van der Waals surface area contributed by atoms with Crippen LogP contribution in [0.15, 0.2) is 47.4 Å². The van der Waals surface area contributed by atoms with E-state index in [4.69, 9.17) is 5.73 Å². The summed E-state index contributed by atoms with van der Waals surface area (Å²) < 4.78 is 40.0. The van der Waals surface area contributed by atoms with Crippen LogP contribution in [0, 0.1) is 12.7 Å². The van der Waals surface area contributed by atoms with Crippen molar-refractivity contribution in [1.29, 1.82) is 0 Å². The number of nitrogen functional groups attached to an aromatic ring is 1. The molecule has 0 aliphatic rings. The molecular formula is C13H13FN2O2S. The van der Waals surface area contributed by atoms with E-state index in [2.05, 4.69) is 4.72 Å². The smallest absolute Gasteiger partial charge is 0.264 e. The van der Waals surface area contributed by atoms with Crippen LogP contribution in [-0.4, -0.2) is 8.42 Å². The maximum atomic E-state index is 13.6. The summed E-state index contributed by atoms with van der Waals surface area (Å²) in [6.45, 7) is 1.72. The number of hydrogen-bond donors (Lipinski definition) is 2. The number of benzene rings is 2. The molecule has 3 N–H and O–H groups in total. The van der Waals surface area contributed by atoms with E-state index in [1.54, 1.807) is 25.1 Å². The van der Waals surface area contributed by atoms with Crippen molar-refractivity contribution in [2.24, 2.45) is 0 Å². The fourth-order valence-electron chi connectivity index (χ4n) is 1.63. The molecule has 6 heteroatoms. The third-order valence-corrected chi connectivity index (χ3v) is 4.02. The first-order chi connectivity index (χ1) is 8.90. The van der Waals surface area contributed by atoms with E-state index in [0.29, 0.717) is 5.56 Å². The summed E-state index contributed by atoms with van der Waals surface area (Å²) in [5, 5.41) is 0. The molecule has 2 aromatic carbocycles. The van der Waals surface area contributed by atoms with Gasteiger partial charge in [0.1, 0.15) is 10.7 Å². The van der Waals surface area contributed by atoms with Gasteiger partial charge in [0.2, 0.25) is 0 Å². The molecule has 0 aliphatic carbocycles. The first-order valence-electron chi connectivity index (χ1n) is 5.53. The Morgan fingerprint density at radius 1 is 1.16 bits per heavy atom. The summed E-state index contributed by atoms with van der Waals surface area (Å²) in [7, 11) is -3.89. The van der Waals surface area contributed by atoms with Crippen LogP contribution in [0.1, 0.15) is 5.56 Å². The lowest BCUT2D eigenvalue weighted by Gasteiger charge is -2.10. The highest BCUT2D eigenvalue weighted by molar-refractivity contribution is 7.92. The minimum absolute atomic E-state index is 0.0741. The van der Waals surface area contributed by atoms with E-state index < -0.39 is 15.8 Å².